The van der Waals surface area contributed by atoms with Crippen molar-refractivity contribution in [3.05, 3.63) is 23.4 Å². The van der Waals surface area contributed by atoms with Gasteiger partial charge < -0.3 is 10.3 Å². The number of aryl methyl sites for hydroxylation is 1. The van der Waals surface area contributed by atoms with Crippen LogP contribution in [0.5, 0.6) is 0 Å². The summed E-state index contributed by atoms with van der Waals surface area (Å²) in [6, 6.07) is 4.02. The Bertz CT molecular complexity index is 465. The molecule has 1 aromatic rings. The zero-order valence-electron chi connectivity index (χ0n) is 13.1. The van der Waals surface area contributed by atoms with E-state index in [-0.39, 0.29) is 5.91 Å². The number of amides is 1. The maximum Gasteiger partial charge on any atom is 0.254 e. The number of hydrogen-bond donors (Lipinski definition) is 2. The first kappa shape index (κ1) is 15.8. The van der Waals surface area contributed by atoms with Crippen molar-refractivity contribution in [3.8, 4) is 0 Å². The zero-order valence-corrected chi connectivity index (χ0v) is 13.1. The number of nitrogens with one attached hydrogen (secondary N) is 1. The smallest absolute Gasteiger partial charge is 0.254 e. The quantitative estimate of drug-likeness (QED) is 0.646. The number of nitrogens with two attached hydrogens (primary N) is 1. The molecule has 1 fully saturated rings. The second-order valence-corrected chi connectivity index (χ2v) is 5.67. The summed E-state index contributed by atoms with van der Waals surface area (Å²) in [7, 11) is 0. The van der Waals surface area contributed by atoms with E-state index in [2.05, 4.69) is 17.3 Å². The monoisotopic (exact) mass is 290 g/mol. The maximum absolute atomic E-state index is 12.9. The van der Waals surface area contributed by atoms with E-state index in [9.17, 15) is 4.79 Å². The summed E-state index contributed by atoms with van der Waals surface area (Å²) in [6.45, 7) is 5.06. The Morgan fingerprint density at radius 3 is 2.90 bits per heavy atom. The molecule has 0 spiro atoms. The first-order chi connectivity index (χ1) is 10.2. The van der Waals surface area contributed by atoms with Crippen LogP contribution in [0.15, 0.2) is 12.1 Å². The van der Waals surface area contributed by atoms with Crippen molar-refractivity contribution in [1.29, 1.82) is 0 Å². The van der Waals surface area contributed by atoms with Crippen LogP contribution >= 0.6 is 0 Å². The van der Waals surface area contributed by atoms with Crippen LogP contribution in [0, 0.1) is 0 Å². The number of piperidine rings is 1. The van der Waals surface area contributed by atoms with Gasteiger partial charge in [0.05, 0.1) is 0 Å². The van der Waals surface area contributed by atoms with Crippen LogP contribution in [0.1, 0.15) is 62.0 Å². The second-order valence-electron chi connectivity index (χ2n) is 5.67. The minimum atomic E-state index is 0.113. The average molecular weight is 290 g/mol. The molecule has 1 saturated heterocycles. The van der Waals surface area contributed by atoms with E-state index in [4.69, 9.17) is 5.84 Å². The number of anilines is 1. The summed E-state index contributed by atoms with van der Waals surface area (Å²) >= 11 is 0. The third-order valence-corrected chi connectivity index (χ3v) is 4.15. The average Bonchev–Trinajstić information content (AvgIpc) is 2.54. The summed E-state index contributed by atoms with van der Waals surface area (Å²) in [5.41, 5.74) is 4.13. The molecule has 1 atom stereocenters. The zero-order chi connectivity index (χ0) is 15.2. The number of pyridine rings is 1. The fourth-order valence-corrected chi connectivity index (χ4v) is 3.03. The number of likely N-dealkylation sites (tertiary alicyclic amines) is 1. The van der Waals surface area contributed by atoms with Gasteiger partial charge in [-0.3, -0.25) is 4.79 Å². The topological polar surface area (TPSA) is 71.2 Å². The molecule has 21 heavy (non-hydrogen) atoms. The van der Waals surface area contributed by atoms with Crippen LogP contribution in [0.25, 0.3) is 0 Å². The molecule has 0 aromatic carbocycles. The van der Waals surface area contributed by atoms with Crippen molar-refractivity contribution in [2.45, 2.75) is 58.4 Å². The molecule has 0 bridgehead atoms. The number of aromatic nitrogens is 1. The minimum Gasteiger partial charge on any atom is -0.336 e. The molecule has 1 aliphatic heterocycles. The normalized spacial score (nSPS) is 18.6. The Morgan fingerprint density at radius 2 is 2.24 bits per heavy atom. The van der Waals surface area contributed by atoms with Crippen LogP contribution in [0.3, 0.4) is 0 Å². The molecule has 1 aliphatic rings. The van der Waals surface area contributed by atoms with E-state index in [0.717, 1.165) is 44.3 Å². The largest absolute Gasteiger partial charge is 0.336 e. The number of hydrogen-bond acceptors (Lipinski definition) is 4. The van der Waals surface area contributed by atoms with Crippen molar-refractivity contribution in [3.63, 3.8) is 0 Å². The van der Waals surface area contributed by atoms with Crippen LogP contribution < -0.4 is 11.3 Å². The van der Waals surface area contributed by atoms with E-state index < -0.39 is 0 Å². The van der Waals surface area contributed by atoms with Crippen molar-refractivity contribution in [1.82, 2.24) is 9.88 Å². The third kappa shape index (κ3) is 3.73. The van der Waals surface area contributed by atoms with Gasteiger partial charge in [-0.1, -0.05) is 20.3 Å². The lowest BCUT2D eigenvalue weighted by atomic mass is 9.97. The number of nitrogen functional groups attached to an aromatic ring is 1. The number of carbonyl (C=O) groups is 1. The van der Waals surface area contributed by atoms with Gasteiger partial charge in [0.1, 0.15) is 5.82 Å². The van der Waals surface area contributed by atoms with Crippen LogP contribution in [0.4, 0.5) is 5.82 Å². The van der Waals surface area contributed by atoms with Crippen molar-refractivity contribution in [2.75, 3.05) is 12.0 Å². The summed E-state index contributed by atoms with van der Waals surface area (Å²) < 4.78 is 0. The molecule has 5 heteroatoms. The van der Waals surface area contributed by atoms with Gasteiger partial charge in [0.25, 0.3) is 5.91 Å². The first-order valence-corrected chi connectivity index (χ1v) is 7.98. The Morgan fingerprint density at radius 1 is 1.43 bits per heavy atom. The summed E-state index contributed by atoms with van der Waals surface area (Å²) in [6.07, 6.45) is 6.42. The van der Waals surface area contributed by atoms with Crippen LogP contribution in [-0.2, 0) is 6.42 Å². The number of carbonyl (C=O) groups excluding carboxylic acids is 1. The predicted octanol–water partition coefficient (Wildman–Crippen LogP) is 2.72. The van der Waals surface area contributed by atoms with Gasteiger partial charge in [0.15, 0.2) is 0 Å². The lowest BCUT2D eigenvalue weighted by Gasteiger charge is -2.36. The number of nitrogens with zero attached hydrogens (tertiary/aromatic N) is 2. The predicted molar refractivity (Wildman–Crippen MR) is 85.0 cm³/mol. The van der Waals surface area contributed by atoms with E-state index in [1.165, 1.54) is 6.42 Å². The highest BCUT2D eigenvalue weighted by Crippen LogP contribution is 2.24. The van der Waals surface area contributed by atoms with E-state index in [1.807, 2.05) is 17.9 Å². The number of hydrazine groups is 1. The Labute approximate surface area is 126 Å². The first-order valence-electron chi connectivity index (χ1n) is 7.98. The molecular weight excluding hydrogens is 264 g/mol. The minimum absolute atomic E-state index is 0.113. The van der Waals surface area contributed by atoms with Gasteiger partial charge in [-0.05, 0) is 44.2 Å². The molecule has 0 saturated carbocycles. The van der Waals surface area contributed by atoms with E-state index >= 15 is 0 Å². The second kappa shape index (κ2) is 7.41. The third-order valence-electron chi connectivity index (χ3n) is 4.15. The molecule has 2 heterocycles. The van der Waals surface area contributed by atoms with Crippen LogP contribution in [0.2, 0.25) is 0 Å². The highest BCUT2D eigenvalue weighted by Gasteiger charge is 2.27. The van der Waals surface area contributed by atoms with Gasteiger partial charge in [-0.25, -0.2) is 10.8 Å². The summed E-state index contributed by atoms with van der Waals surface area (Å²) in [4.78, 5) is 19.2. The molecule has 1 unspecified atom stereocenters. The van der Waals surface area contributed by atoms with Gasteiger partial charge in [-0.15, -0.1) is 0 Å². The lowest BCUT2D eigenvalue weighted by molar-refractivity contribution is 0.0600. The van der Waals surface area contributed by atoms with Crippen molar-refractivity contribution in [2.24, 2.45) is 5.84 Å². The van der Waals surface area contributed by atoms with Crippen molar-refractivity contribution >= 4 is 11.7 Å². The van der Waals surface area contributed by atoms with Crippen molar-refractivity contribution < 1.29 is 4.79 Å². The molecule has 116 valence electrons. The molecule has 3 N–H and O–H groups in total. The highest BCUT2D eigenvalue weighted by molar-refractivity contribution is 5.95. The Hall–Kier alpha value is -1.62. The van der Waals surface area contributed by atoms with Gasteiger partial charge in [0, 0.05) is 23.8 Å². The summed E-state index contributed by atoms with van der Waals surface area (Å²) in [5, 5.41) is 0. The van der Waals surface area contributed by atoms with Gasteiger partial charge in [0.2, 0.25) is 0 Å². The highest BCUT2D eigenvalue weighted by atomic mass is 16.2. The van der Waals surface area contributed by atoms with Gasteiger partial charge in [-0.2, -0.15) is 0 Å². The van der Waals surface area contributed by atoms with Gasteiger partial charge >= 0.3 is 0 Å². The lowest BCUT2D eigenvalue weighted by Crippen LogP contribution is -2.43. The molecule has 1 aromatic heterocycles. The Kier molecular flexibility index (Phi) is 5.56. The molecule has 0 radical (unpaired) electrons. The molecule has 1 amide bonds. The van der Waals surface area contributed by atoms with E-state index in [0.29, 0.717) is 17.4 Å². The fraction of sp³-hybridized carbons (Fsp3) is 0.625. The molecule has 2 rings (SSSR count). The molecular formula is C16H26N4O. The SMILES string of the molecule is CCCC1CCCCN1C(=O)c1cc(CC)nc(NN)c1. The van der Waals surface area contributed by atoms with Crippen LogP contribution in [-0.4, -0.2) is 28.4 Å². The number of rotatable bonds is 5. The standard InChI is InChI=1S/C16H26N4O/c1-3-7-14-8-5-6-9-20(14)16(21)12-10-13(4-2)18-15(11-12)19-17/h10-11,14H,3-9,17H2,1-2H3,(H,18,19). The maximum atomic E-state index is 12.9. The Balaban J connectivity index is 2.24. The molecule has 5 nitrogen and oxygen atoms in total. The molecule has 0 aliphatic carbocycles. The summed E-state index contributed by atoms with van der Waals surface area (Å²) in [5.74, 6) is 6.13. The van der Waals surface area contributed by atoms with E-state index in [1.54, 1.807) is 6.07 Å². The fourth-order valence-electron chi connectivity index (χ4n) is 3.03.